The van der Waals surface area contributed by atoms with Crippen molar-refractivity contribution in [2.24, 2.45) is 65.1 Å². The molecule has 8 rings (SSSR count). The fraction of sp³-hybridized carbons (Fsp3) is 1.00. The van der Waals surface area contributed by atoms with Crippen molar-refractivity contribution in [2.75, 3.05) is 0 Å². The quantitative estimate of drug-likeness (QED) is 0.474. The van der Waals surface area contributed by atoms with E-state index in [-0.39, 0.29) is 0 Å². The van der Waals surface area contributed by atoms with Crippen molar-refractivity contribution in [3.8, 4) is 0 Å². The van der Waals surface area contributed by atoms with Crippen molar-refractivity contribution >= 4 is 22.6 Å². The van der Waals surface area contributed by atoms with E-state index < -0.39 is 0 Å². The molecule has 0 unspecified atom stereocenters. The van der Waals surface area contributed by atoms with Crippen molar-refractivity contribution < 1.29 is 0 Å². The Morgan fingerprint density at radius 1 is 0.750 bits per heavy atom. The van der Waals surface area contributed by atoms with Gasteiger partial charge in [-0.15, -0.1) is 0 Å². The van der Waals surface area contributed by atoms with Gasteiger partial charge in [-0.1, -0.05) is 22.6 Å². The van der Waals surface area contributed by atoms with Crippen LogP contribution < -0.4 is 0 Å². The lowest BCUT2D eigenvalue weighted by atomic mass is 9.56. The molecule has 8 saturated carbocycles. The summed E-state index contributed by atoms with van der Waals surface area (Å²) in [5, 5.41) is 0. The normalized spacial score (nSPS) is 90.9. The van der Waals surface area contributed by atoms with Gasteiger partial charge in [0.15, 0.2) is 0 Å². The first-order valence-electron chi connectivity index (χ1n) is 7.49. The van der Waals surface area contributed by atoms with Gasteiger partial charge >= 0.3 is 0 Å². The molecule has 1 heteroatoms. The SMILES string of the molecule is I[C@@]12C[C@H]3[C@@H]4C[C@@H]1[C@@H]1[C@H]4[C@H]4[C@@H]5C[C@H]([C@@H]34)[C@H]2[C@@H]51. The van der Waals surface area contributed by atoms with Crippen LogP contribution in [-0.4, -0.2) is 3.42 Å². The van der Waals surface area contributed by atoms with Crippen LogP contribution in [-0.2, 0) is 0 Å². The summed E-state index contributed by atoms with van der Waals surface area (Å²) in [6.45, 7) is 0. The average Bonchev–Trinajstić information content (AvgIpc) is 2.94. The molecule has 0 radical (unpaired) electrons. The molecule has 0 heterocycles. The molecule has 0 aliphatic heterocycles. The fourth-order valence-electron chi connectivity index (χ4n) is 9.57. The summed E-state index contributed by atoms with van der Waals surface area (Å²) < 4.78 is 0.824. The maximum absolute atomic E-state index is 2.99. The van der Waals surface area contributed by atoms with E-state index >= 15 is 0 Å². The largest absolute Gasteiger partial charge is 0.0782 e. The van der Waals surface area contributed by atoms with Gasteiger partial charge in [0.1, 0.15) is 0 Å². The predicted molar refractivity (Wildman–Crippen MR) is 69.0 cm³/mol. The lowest BCUT2D eigenvalue weighted by molar-refractivity contribution is 0.0224. The highest BCUT2D eigenvalue weighted by Gasteiger charge is 2.87. The van der Waals surface area contributed by atoms with Crippen LogP contribution in [0.4, 0.5) is 0 Å². The first kappa shape index (κ1) is 8.01. The summed E-state index contributed by atoms with van der Waals surface area (Å²) in [7, 11) is 0. The summed E-state index contributed by atoms with van der Waals surface area (Å²) in [6.07, 6.45) is 5.04. The van der Waals surface area contributed by atoms with Crippen molar-refractivity contribution in [1.29, 1.82) is 0 Å². The first-order chi connectivity index (χ1) is 7.81. The lowest BCUT2D eigenvalue weighted by Crippen LogP contribution is -2.52. The van der Waals surface area contributed by atoms with Crippen molar-refractivity contribution in [3.63, 3.8) is 0 Å². The Morgan fingerprint density at radius 3 is 2.56 bits per heavy atom. The van der Waals surface area contributed by atoms with E-state index in [2.05, 4.69) is 22.6 Å². The van der Waals surface area contributed by atoms with Crippen molar-refractivity contribution in [3.05, 3.63) is 0 Å². The van der Waals surface area contributed by atoms with Crippen molar-refractivity contribution in [1.82, 2.24) is 0 Å². The maximum Gasteiger partial charge on any atom is 0.0290 e. The molecule has 0 spiro atoms. The van der Waals surface area contributed by atoms with Crippen molar-refractivity contribution in [2.45, 2.75) is 22.7 Å². The van der Waals surface area contributed by atoms with E-state index in [1.807, 2.05) is 0 Å². The molecule has 0 saturated heterocycles. The van der Waals surface area contributed by atoms with Gasteiger partial charge in [-0.3, -0.25) is 0 Å². The van der Waals surface area contributed by atoms with Crippen LogP contribution >= 0.6 is 22.6 Å². The number of hydrogen-bond acceptors (Lipinski definition) is 0. The number of alkyl halides is 1. The fourth-order valence-corrected chi connectivity index (χ4v) is 11.6. The Morgan fingerprint density at radius 2 is 1.62 bits per heavy atom. The molecule has 0 N–H and O–H groups in total. The topological polar surface area (TPSA) is 0 Å². The Hall–Kier alpha value is 0.730. The van der Waals surface area contributed by atoms with E-state index in [1.54, 1.807) is 19.3 Å². The maximum atomic E-state index is 2.99. The molecule has 8 fully saturated rings. The molecule has 16 heavy (non-hydrogen) atoms. The van der Waals surface area contributed by atoms with Crippen LogP contribution in [0.15, 0.2) is 0 Å². The molecule has 0 amide bonds. The van der Waals surface area contributed by atoms with E-state index in [1.165, 1.54) is 65.1 Å². The van der Waals surface area contributed by atoms with Gasteiger partial charge in [0.2, 0.25) is 0 Å². The Balaban J connectivity index is 1.70. The van der Waals surface area contributed by atoms with Crippen LogP contribution in [0.5, 0.6) is 0 Å². The summed E-state index contributed by atoms with van der Waals surface area (Å²) in [5.74, 6) is 13.7. The molecule has 0 aromatic rings. The first-order valence-corrected chi connectivity index (χ1v) is 8.57. The zero-order valence-corrected chi connectivity index (χ0v) is 11.5. The molecule has 8 aliphatic carbocycles. The molecule has 84 valence electrons. The summed E-state index contributed by atoms with van der Waals surface area (Å²) in [5.41, 5.74) is 0. The third kappa shape index (κ3) is 0.460. The van der Waals surface area contributed by atoms with Gasteiger partial charge in [-0.2, -0.15) is 0 Å². The predicted octanol–water partition coefficient (Wildman–Crippen LogP) is 3.20. The second-order valence-electron chi connectivity index (χ2n) is 8.28. The van der Waals surface area contributed by atoms with E-state index in [0.717, 1.165) is 3.42 Å². The van der Waals surface area contributed by atoms with Crippen LogP contribution in [0.25, 0.3) is 0 Å². The van der Waals surface area contributed by atoms with Crippen LogP contribution in [0.1, 0.15) is 19.3 Å². The minimum absolute atomic E-state index is 0.824. The smallest absolute Gasteiger partial charge is 0.0290 e. The highest BCUT2D eigenvalue weighted by atomic mass is 127. The summed E-state index contributed by atoms with van der Waals surface area (Å²) >= 11 is 2.99. The van der Waals surface area contributed by atoms with Gasteiger partial charge in [0.25, 0.3) is 0 Å². The standard InChI is InChI=1S/C15H17I/c16-15-3-7-4-2-8(15)13-10(4)11-5-1-6(9(7)11)14(15)12(5)13/h4-14H,1-3H2/t4-,5-,6+,7-,8+,9-,10+,11-,12-,13+,14-,15-/m0/s1. The zero-order chi connectivity index (χ0) is 9.97. The second-order valence-corrected chi connectivity index (χ2v) is 10.3. The average molecular weight is 324 g/mol. The van der Waals surface area contributed by atoms with E-state index in [4.69, 9.17) is 0 Å². The van der Waals surface area contributed by atoms with Gasteiger partial charge in [-0.05, 0) is 84.4 Å². The van der Waals surface area contributed by atoms with Crippen LogP contribution in [0.3, 0.4) is 0 Å². The van der Waals surface area contributed by atoms with Crippen LogP contribution in [0.2, 0.25) is 0 Å². The lowest BCUT2D eigenvalue weighted by Gasteiger charge is -2.53. The summed E-state index contributed by atoms with van der Waals surface area (Å²) in [4.78, 5) is 0. The minimum Gasteiger partial charge on any atom is -0.0782 e. The Bertz CT molecular complexity index is 452. The molecule has 0 aromatic heterocycles. The number of halogens is 1. The number of hydrogen-bond donors (Lipinski definition) is 0. The highest BCUT2D eigenvalue weighted by molar-refractivity contribution is 14.1. The molecular weight excluding hydrogens is 307 g/mol. The van der Waals surface area contributed by atoms with Gasteiger partial charge in [-0.25, -0.2) is 0 Å². The molecule has 0 nitrogen and oxygen atoms in total. The third-order valence-electron chi connectivity index (χ3n) is 8.93. The monoisotopic (exact) mass is 324 g/mol. The molecule has 12 atom stereocenters. The summed E-state index contributed by atoms with van der Waals surface area (Å²) in [6, 6.07) is 0. The van der Waals surface area contributed by atoms with Gasteiger partial charge < -0.3 is 0 Å². The van der Waals surface area contributed by atoms with Crippen LogP contribution in [0, 0.1) is 65.1 Å². The second kappa shape index (κ2) is 1.87. The third-order valence-corrected chi connectivity index (χ3v) is 10.9. The van der Waals surface area contributed by atoms with Gasteiger partial charge in [0.05, 0.1) is 0 Å². The number of rotatable bonds is 0. The highest BCUT2D eigenvalue weighted by Crippen LogP contribution is 2.91. The van der Waals surface area contributed by atoms with Gasteiger partial charge in [0, 0.05) is 3.42 Å². The zero-order valence-electron chi connectivity index (χ0n) is 9.35. The van der Waals surface area contributed by atoms with E-state index in [9.17, 15) is 0 Å². The molecule has 0 aromatic carbocycles. The van der Waals surface area contributed by atoms with E-state index in [0.29, 0.717) is 0 Å². The molecule has 8 aliphatic rings. The minimum atomic E-state index is 0.824. The molecular formula is C15H17I. The molecule has 6 bridgehead atoms. The Labute approximate surface area is 110 Å². The Kier molecular flexibility index (Phi) is 0.936.